The van der Waals surface area contributed by atoms with Crippen molar-refractivity contribution in [1.29, 1.82) is 0 Å². The fourth-order valence-electron chi connectivity index (χ4n) is 3.12. The topological polar surface area (TPSA) is 101 Å². The van der Waals surface area contributed by atoms with E-state index >= 15 is 0 Å². The van der Waals surface area contributed by atoms with Crippen LogP contribution >= 0.6 is 0 Å². The minimum absolute atomic E-state index is 0.289. The molecule has 2 N–H and O–H groups in total. The number of rotatable bonds is 5. The first kappa shape index (κ1) is 16.5. The van der Waals surface area contributed by atoms with E-state index in [2.05, 4.69) is 30.6 Å². The van der Waals surface area contributed by atoms with Crippen LogP contribution in [-0.2, 0) is 0 Å². The lowest BCUT2D eigenvalue weighted by atomic mass is 10.4. The summed E-state index contributed by atoms with van der Waals surface area (Å²) in [6.07, 6.45) is 4.05. The minimum Gasteiger partial charge on any atom is -0.461 e. The second-order valence-corrected chi connectivity index (χ2v) is 6.30. The van der Waals surface area contributed by atoms with Crippen molar-refractivity contribution >= 4 is 17.5 Å². The average molecular weight is 355 g/mol. The summed E-state index contributed by atoms with van der Waals surface area (Å²) >= 11 is 0. The van der Waals surface area contributed by atoms with E-state index in [9.17, 15) is 4.79 Å². The molecule has 136 valence electrons. The highest BCUT2D eigenvalue weighted by Gasteiger charge is 2.15. The van der Waals surface area contributed by atoms with E-state index in [0.717, 1.165) is 19.6 Å². The molecule has 1 aliphatic rings. The second-order valence-electron chi connectivity index (χ2n) is 6.30. The van der Waals surface area contributed by atoms with Crippen LogP contribution in [0.15, 0.2) is 28.9 Å². The van der Waals surface area contributed by atoms with Gasteiger partial charge in [-0.25, -0.2) is 14.8 Å². The van der Waals surface area contributed by atoms with Gasteiger partial charge in [0.25, 0.3) is 0 Å². The third kappa shape index (κ3) is 3.52. The van der Waals surface area contributed by atoms with Gasteiger partial charge in [0.15, 0.2) is 11.4 Å². The summed E-state index contributed by atoms with van der Waals surface area (Å²) in [5.41, 5.74) is 0.594. The van der Waals surface area contributed by atoms with Gasteiger partial charge in [-0.05, 0) is 45.0 Å². The number of furan rings is 1. The number of carbonyl (C=O) groups is 1. The normalized spacial score (nSPS) is 14.8. The summed E-state index contributed by atoms with van der Waals surface area (Å²) in [7, 11) is 0. The maximum atomic E-state index is 12.2. The van der Waals surface area contributed by atoms with Crippen LogP contribution in [-0.4, -0.2) is 56.7 Å². The smallest absolute Gasteiger partial charge is 0.320 e. The van der Waals surface area contributed by atoms with E-state index in [1.807, 2.05) is 0 Å². The van der Waals surface area contributed by atoms with E-state index in [-0.39, 0.29) is 6.03 Å². The molecule has 9 nitrogen and oxygen atoms in total. The lowest BCUT2D eigenvalue weighted by Crippen LogP contribution is -2.36. The number of likely N-dealkylation sites (tertiary alicyclic amines) is 1. The van der Waals surface area contributed by atoms with Gasteiger partial charge in [-0.2, -0.15) is 4.52 Å². The Kier molecular flexibility index (Phi) is 4.53. The van der Waals surface area contributed by atoms with Gasteiger partial charge < -0.3 is 14.6 Å². The van der Waals surface area contributed by atoms with Gasteiger partial charge in [-0.3, -0.25) is 5.32 Å². The van der Waals surface area contributed by atoms with Crippen molar-refractivity contribution in [1.82, 2.24) is 29.8 Å². The number of hydrogen-bond donors (Lipinski definition) is 2. The molecule has 3 aromatic heterocycles. The Balaban J connectivity index is 1.48. The van der Waals surface area contributed by atoms with E-state index in [0.29, 0.717) is 35.4 Å². The molecule has 0 aliphatic carbocycles. The van der Waals surface area contributed by atoms with Crippen LogP contribution in [0, 0.1) is 6.92 Å². The van der Waals surface area contributed by atoms with Crippen LogP contribution in [0.1, 0.15) is 18.7 Å². The molecule has 2 amide bonds. The highest BCUT2D eigenvalue weighted by Crippen LogP contribution is 2.21. The predicted octanol–water partition coefficient (Wildman–Crippen LogP) is 1.91. The first-order valence-electron chi connectivity index (χ1n) is 8.74. The van der Waals surface area contributed by atoms with Crippen molar-refractivity contribution in [2.75, 3.05) is 31.5 Å². The lowest BCUT2D eigenvalue weighted by Gasteiger charge is -2.15. The number of carbonyl (C=O) groups excluding carboxylic acids is 1. The van der Waals surface area contributed by atoms with Crippen molar-refractivity contribution in [3.8, 4) is 11.6 Å². The number of aryl methyl sites for hydroxylation is 1. The van der Waals surface area contributed by atoms with E-state index < -0.39 is 0 Å². The summed E-state index contributed by atoms with van der Waals surface area (Å²) < 4.78 is 7.04. The number of aromatic nitrogens is 4. The third-order valence-corrected chi connectivity index (χ3v) is 4.33. The highest BCUT2D eigenvalue weighted by atomic mass is 16.3. The van der Waals surface area contributed by atoms with E-state index in [4.69, 9.17) is 4.42 Å². The molecule has 4 heterocycles. The van der Waals surface area contributed by atoms with Gasteiger partial charge in [-0.15, -0.1) is 5.10 Å². The minimum atomic E-state index is -0.289. The van der Waals surface area contributed by atoms with Gasteiger partial charge in [0, 0.05) is 19.2 Å². The van der Waals surface area contributed by atoms with Crippen molar-refractivity contribution in [2.24, 2.45) is 0 Å². The standard InChI is InChI=1S/C17H21N7O2/c1-12-19-15-11-14(20-16(24(15)22-12)13-5-4-10-26-13)21-17(25)18-6-9-23-7-2-3-8-23/h4-5,10-11H,2-3,6-9H2,1H3,(H2,18,21,25). The number of nitrogens with one attached hydrogen (secondary N) is 2. The molecule has 3 aromatic rings. The average Bonchev–Trinajstić information content (AvgIpc) is 3.35. The van der Waals surface area contributed by atoms with Gasteiger partial charge in [0.1, 0.15) is 11.6 Å². The zero-order chi connectivity index (χ0) is 17.9. The molecule has 1 saturated heterocycles. The third-order valence-electron chi connectivity index (χ3n) is 4.33. The van der Waals surface area contributed by atoms with Crippen LogP contribution in [0.3, 0.4) is 0 Å². The Morgan fingerprint density at radius 3 is 2.92 bits per heavy atom. The highest BCUT2D eigenvalue weighted by molar-refractivity contribution is 5.89. The van der Waals surface area contributed by atoms with Crippen LogP contribution in [0.2, 0.25) is 0 Å². The van der Waals surface area contributed by atoms with Crippen LogP contribution in [0.25, 0.3) is 17.2 Å². The second kappa shape index (κ2) is 7.12. The molecule has 0 radical (unpaired) electrons. The first-order chi connectivity index (χ1) is 12.7. The molecular formula is C17H21N7O2. The summed E-state index contributed by atoms with van der Waals surface area (Å²) in [6, 6.07) is 4.96. The molecule has 9 heteroatoms. The Morgan fingerprint density at radius 1 is 1.31 bits per heavy atom. The van der Waals surface area contributed by atoms with Crippen molar-refractivity contribution < 1.29 is 9.21 Å². The SMILES string of the molecule is Cc1nc2cc(NC(=O)NCCN3CCCC3)nc(-c3ccco3)n2n1. The lowest BCUT2D eigenvalue weighted by molar-refractivity contribution is 0.249. The number of fused-ring (bicyclic) bond motifs is 1. The van der Waals surface area contributed by atoms with E-state index in [1.165, 1.54) is 12.8 Å². The Hall–Kier alpha value is -2.94. The quantitative estimate of drug-likeness (QED) is 0.725. The van der Waals surface area contributed by atoms with Crippen molar-refractivity contribution in [3.05, 3.63) is 30.3 Å². The van der Waals surface area contributed by atoms with Crippen molar-refractivity contribution in [3.63, 3.8) is 0 Å². The van der Waals surface area contributed by atoms with Crippen molar-refractivity contribution in [2.45, 2.75) is 19.8 Å². The fourth-order valence-corrected chi connectivity index (χ4v) is 3.12. The number of nitrogens with zero attached hydrogens (tertiary/aromatic N) is 5. The largest absolute Gasteiger partial charge is 0.461 e. The van der Waals surface area contributed by atoms with Gasteiger partial charge in [-0.1, -0.05) is 0 Å². The molecule has 0 atom stereocenters. The molecule has 26 heavy (non-hydrogen) atoms. The number of urea groups is 1. The Morgan fingerprint density at radius 2 is 2.15 bits per heavy atom. The molecule has 0 bridgehead atoms. The maximum absolute atomic E-state index is 12.2. The van der Waals surface area contributed by atoms with Crippen LogP contribution < -0.4 is 10.6 Å². The Labute approximate surface area is 150 Å². The zero-order valence-electron chi connectivity index (χ0n) is 14.6. The van der Waals surface area contributed by atoms with E-state index in [1.54, 1.807) is 35.9 Å². The first-order valence-corrected chi connectivity index (χ1v) is 8.74. The molecule has 1 fully saturated rings. The zero-order valence-corrected chi connectivity index (χ0v) is 14.6. The Bertz CT molecular complexity index is 897. The molecule has 0 spiro atoms. The molecular weight excluding hydrogens is 334 g/mol. The maximum Gasteiger partial charge on any atom is 0.320 e. The molecule has 0 saturated carbocycles. The molecule has 1 aliphatic heterocycles. The number of amides is 2. The molecule has 0 unspecified atom stereocenters. The summed E-state index contributed by atoms with van der Waals surface area (Å²) in [4.78, 5) is 23.3. The van der Waals surface area contributed by atoms with Crippen LogP contribution in [0.5, 0.6) is 0 Å². The van der Waals surface area contributed by atoms with Gasteiger partial charge in [0.05, 0.1) is 6.26 Å². The van der Waals surface area contributed by atoms with Crippen LogP contribution in [0.4, 0.5) is 10.6 Å². The van der Waals surface area contributed by atoms with Gasteiger partial charge >= 0.3 is 6.03 Å². The summed E-state index contributed by atoms with van der Waals surface area (Å²) in [5, 5.41) is 9.97. The summed E-state index contributed by atoms with van der Waals surface area (Å²) in [6.45, 7) is 5.49. The van der Waals surface area contributed by atoms with Gasteiger partial charge in [0.2, 0.25) is 5.82 Å². The summed E-state index contributed by atoms with van der Waals surface area (Å²) in [5.74, 6) is 2.06. The number of hydrogen-bond acceptors (Lipinski definition) is 6. The number of anilines is 1. The molecule has 4 rings (SSSR count). The monoisotopic (exact) mass is 355 g/mol. The fraction of sp³-hybridized carbons (Fsp3) is 0.412. The predicted molar refractivity (Wildman–Crippen MR) is 95.9 cm³/mol. The molecule has 0 aromatic carbocycles.